The van der Waals surface area contributed by atoms with Gasteiger partial charge in [0, 0.05) is 5.69 Å². The van der Waals surface area contributed by atoms with E-state index < -0.39 is 0 Å². The van der Waals surface area contributed by atoms with Gasteiger partial charge in [-0.2, -0.15) is 5.10 Å². The molecule has 3 N–H and O–H groups in total. The van der Waals surface area contributed by atoms with Crippen LogP contribution in [0.5, 0.6) is 0 Å². The molecule has 3 aromatic rings. The number of para-hydroxylation sites is 1. The number of amides is 1. The van der Waals surface area contributed by atoms with Gasteiger partial charge in [-0.25, -0.2) is 9.07 Å². The van der Waals surface area contributed by atoms with Crippen LogP contribution in [-0.4, -0.2) is 20.8 Å². The highest BCUT2D eigenvalue weighted by molar-refractivity contribution is 7.80. The average Bonchev–Trinajstić information content (AvgIpc) is 2.97. The number of aromatic nitrogens is 2. The number of carbonyl (C=O) groups excluding carboxylic acids is 1. The summed E-state index contributed by atoms with van der Waals surface area (Å²) in [5, 5.41) is 7.48. The minimum absolute atomic E-state index is 0.181. The number of thiocarbonyl (C=S) groups is 1. The lowest BCUT2D eigenvalue weighted by molar-refractivity contribution is 0.0943. The first-order valence-electron chi connectivity index (χ1n) is 8.20. The summed E-state index contributed by atoms with van der Waals surface area (Å²) in [6, 6.07) is 15.3. The van der Waals surface area contributed by atoms with Gasteiger partial charge in [0.25, 0.3) is 5.91 Å². The van der Waals surface area contributed by atoms with E-state index >= 15 is 0 Å². The van der Waals surface area contributed by atoms with Gasteiger partial charge in [-0.3, -0.25) is 15.6 Å². The van der Waals surface area contributed by atoms with Gasteiger partial charge in [-0.1, -0.05) is 18.2 Å². The fourth-order valence-electron chi connectivity index (χ4n) is 2.66. The van der Waals surface area contributed by atoms with Gasteiger partial charge in [0.2, 0.25) is 0 Å². The largest absolute Gasteiger partial charge is 0.331 e. The van der Waals surface area contributed by atoms with Crippen molar-refractivity contribution in [2.75, 3.05) is 5.32 Å². The molecule has 3 rings (SSSR count). The SMILES string of the molecule is Cc1nn(-c2ccccc2)c(C)c1C(=O)NNC(=S)Nc1ccc(F)cc1. The minimum Gasteiger partial charge on any atom is -0.331 e. The van der Waals surface area contributed by atoms with Crippen molar-refractivity contribution >= 4 is 28.9 Å². The maximum absolute atomic E-state index is 12.9. The predicted octanol–water partition coefficient (Wildman–Crippen LogP) is 3.26. The maximum Gasteiger partial charge on any atom is 0.273 e. The highest BCUT2D eigenvalue weighted by atomic mass is 32.1. The van der Waals surface area contributed by atoms with Gasteiger partial charge >= 0.3 is 0 Å². The zero-order valence-electron chi connectivity index (χ0n) is 14.8. The van der Waals surface area contributed by atoms with Crippen LogP contribution in [-0.2, 0) is 0 Å². The average molecular weight is 383 g/mol. The van der Waals surface area contributed by atoms with Crippen LogP contribution in [0.1, 0.15) is 21.7 Å². The fourth-order valence-corrected chi connectivity index (χ4v) is 2.83. The van der Waals surface area contributed by atoms with Crippen LogP contribution in [0.25, 0.3) is 5.69 Å². The van der Waals surface area contributed by atoms with Crippen LogP contribution in [0.15, 0.2) is 54.6 Å². The van der Waals surface area contributed by atoms with E-state index in [2.05, 4.69) is 21.3 Å². The third-order valence-electron chi connectivity index (χ3n) is 3.91. The molecule has 1 heterocycles. The molecule has 1 aromatic heterocycles. The van der Waals surface area contributed by atoms with Crippen LogP contribution in [0, 0.1) is 19.7 Å². The Morgan fingerprint density at radius 2 is 1.70 bits per heavy atom. The third-order valence-corrected chi connectivity index (χ3v) is 4.11. The van der Waals surface area contributed by atoms with Gasteiger partial charge in [-0.15, -0.1) is 0 Å². The Bertz CT molecular complexity index is 970. The standard InChI is InChI=1S/C19H18FN5OS/c1-12-17(13(2)25(24-12)16-6-4-3-5-7-16)18(26)22-23-19(27)21-15-10-8-14(20)9-11-15/h3-11H,1-2H3,(H,22,26)(H2,21,23,27). The van der Waals surface area contributed by atoms with Crippen LogP contribution in [0.3, 0.4) is 0 Å². The second kappa shape index (κ2) is 7.96. The molecular formula is C19H18FN5OS. The summed E-state index contributed by atoms with van der Waals surface area (Å²) < 4.78 is 14.6. The molecule has 8 heteroatoms. The first-order valence-corrected chi connectivity index (χ1v) is 8.61. The second-order valence-electron chi connectivity index (χ2n) is 5.83. The molecule has 0 aliphatic rings. The number of carbonyl (C=O) groups is 1. The van der Waals surface area contributed by atoms with Gasteiger partial charge in [0.05, 0.1) is 22.6 Å². The van der Waals surface area contributed by atoms with E-state index in [4.69, 9.17) is 12.2 Å². The summed E-state index contributed by atoms with van der Waals surface area (Å²) in [5.41, 5.74) is 8.46. The van der Waals surface area contributed by atoms with Crippen LogP contribution in [0.2, 0.25) is 0 Å². The summed E-state index contributed by atoms with van der Waals surface area (Å²) in [5.74, 6) is -0.690. The Balaban J connectivity index is 1.67. The van der Waals surface area contributed by atoms with Gasteiger partial charge in [0.15, 0.2) is 5.11 Å². The molecular weight excluding hydrogens is 365 g/mol. The summed E-state index contributed by atoms with van der Waals surface area (Å²) in [4.78, 5) is 12.6. The number of hydrogen-bond acceptors (Lipinski definition) is 3. The van der Waals surface area contributed by atoms with E-state index in [0.29, 0.717) is 16.9 Å². The zero-order valence-corrected chi connectivity index (χ0v) is 15.6. The topological polar surface area (TPSA) is 71.0 Å². The lowest BCUT2D eigenvalue weighted by atomic mass is 10.2. The molecule has 0 saturated carbocycles. The Morgan fingerprint density at radius 3 is 2.37 bits per heavy atom. The van der Waals surface area contributed by atoms with Crippen molar-refractivity contribution in [1.29, 1.82) is 0 Å². The number of benzene rings is 2. The Kier molecular flexibility index (Phi) is 5.46. The fraction of sp³-hybridized carbons (Fsp3) is 0.105. The lowest BCUT2D eigenvalue weighted by Crippen LogP contribution is -2.44. The number of halogens is 1. The van der Waals surface area contributed by atoms with Crippen molar-refractivity contribution in [2.45, 2.75) is 13.8 Å². The number of nitrogens with one attached hydrogen (secondary N) is 3. The van der Waals surface area contributed by atoms with Crippen LogP contribution < -0.4 is 16.2 Å². The number of hydrazine groups is 1. The molecule has 0 aliphatic heterocycles. The van der Waals surface area contributed by atoms with Crippen molar-refractivity contribution in [3.05, 3.63) is 77.4 Å². The smallest absolute Gasteiger partial charge is 0.273 e. The molecule has 1 amide bonds. The van der Waals surface area contributed by atoms with Gasteiger partial charge in [0.1, 0.15) is 5.82 Å². The molecule has 138 valence electrons. The quantitative estimate of drug-likeness (QED) is 0.478. The van der Waals surface area contributed by atoms with Crippen molar-refractivity contribution in [3.63, 3.8) is 0 Å². The van der Waals surface area contributed by atoms with E-state index in [1.54, 1.807) is 23.7 Å². The summed E-state index contributed by atoms with van der Waals surface area (Å²) in [7, 11) is 0. The maximum atomic E-state index is 12.9. The molecule has 27 heavy (non-hydrogen) atoms. The van der Waals surface area contributed by atoms with E-state index in [0.717, 1.165) is 11.4 Å². The number of nitrogens with zero attached hydrogens (tertiary/aromatic N) is 2. The lowest BCUT2D eigenvalue weighted by Gasteiger charge is -2.12. The third kappa shape index (κ3) is 4.29. The van der Waals surface area contributed by atoms with Crippen molar-refractivity contribution in [1.82, 2.24) is 20.6 Å². The molecule has 0 saturated heterocycles. The molecule has 6 nitrogen and oxygen atoms in total. The summed E-state index contributed by atoms with van der Waals surface area (Å²) >= 11 is 5.13. The van der Waals surface area contributed by atoms with E-state index in [1.165, 1.54) is 12.1 Å². The molecule has 0 radical (unpaired) electrons. The molecule has 0 unspecified atom stereocenters. The number of anilines is 1. The van der Waals surface area contributed by atoms with Gasteiger partial charge < -0.3 is 5.32 Å². The normalized spacial score (nSPS) is 10.3. The molecule has 0 atom stereocenters. The minimum atomic E-state index is -0.351. The molecule has 2 aromatic carbocycles. The highest BCUT2D eigenvalue weighted by Gasteiger charge is 2.19. The zero-order chi connectivity index (χ0) is 19.4. The Labute approximate surface area is 161 Å². The summed E-state index contributed by atoms with van der Waals surface area (Å²) in [6.07, 6.45) is 0. The molecule has 0 bridgehead atoms. The highest BCUT2D eigenvalue weighted by Crippen LogP contribution is 2.17. The molecule has 0 aliphatic carbocycles. The number of rotatable bonds is 3. The van der Waals surface area contributed by atoms with Crippen molar-refractivity contribution in [3.8, 4) is 5.69 Å². The number of hydrogen-bond donors (Lipinski definition) is 3. The monoisotopic (exact) mass is 383 g/mol. The van der Waals surface area contributed by atoms with Crippen LogP contribution >= 0.6 is 12.2 Å². The first-order chi connectivity index (χ1) is 13.0. The second-order valence-corrected chi connectivity index (χ2v) is 6.24. The van der Waals surface area contributed by atoms with Gasteiger partial charge in [-0.05, 0) is 62.5 Å². The van der Waals surface area contributed by atoms with E-state index in [1.807, 2.05) is 37.3 Å². The van der Waals surface area contributed by atoms with E-state index in [9.17, 15) is 9.18 Å². The first kappa shape index (κ1) is 18.5. The number of aryl methyl sites for hydroxylation is 1. The predicted molar refractivity (Wildman–Crippen MR) is 106 cm³/mol. The van der Waals surface area contributed by atoms with Crippen molar-refractivity contribution < 1.29 is 9.18 Å². The summed E-state index contributed by atoms with van der Waals surface area (Å²) in [6.45, 7) is 3.60. The molecule has 0 spiro atoms. The Hall–Kier alpha value is -3.26. The Morgan fingerprint density at radius 1 is 1.04 bits per heavy atom. The molecule has 0 fully saturated rings. The van der Waals surface area contributed by atoms with Crippen molar-refractivity contribution in [2.24, 2.45) is 0 Å². The van der Waals surface area contributed by atoms with E-state index in [-0.39, 0.29) is 16.8 Å². The van der Waals surface area contributed by atoms with Crippen LogP contribution in [0.4, 0.5) is 10.1 Å².